The first-order valence-electron chi connectivity index (χ1n) is 5.79. The molecule has 0 spiro atoms. The minimum atomic E-state index is 0.253. The van der Waals surface area contributed by atoms with Crippen molar-refractivity contribution in [2.45, 2.75) is 25.8 Å². The standard InChI is InChI=1S/C13H14N2O2/c14-7-11-8-16-13(15-11)17-12-5-4-9-2-1-3-10(9)6-12/h4-6,8H,1-3,7,14H2. The van der Waals surface area contributed by atoms with Crippen molar-refractivity contribution in [2.24, 2.45) is 5.73 Å². The number of aryl methyl sites for hydroxylation is 2. The Morgan fingerprint density at radius 2 is 2.18 bits per heavy atom. The molecule has 1 aromatic heterocycles. The minimum absolute atomic E-state index is 0.253. The number of aromatic nitrogens is 1. The van der Waals surface area contributed by atoms with Crippen LogP contribution in [-0.2, 0) is 19.4 Å². The Morgan fingerprint density at radius 1 is 1.29 bits per heavy atom. The Kier molecular flexibility index (Phi) is 2.57. The van der Waals surface area contributed by atoms with Crippen LogP contribution in [0.1, 0.15) is 23.2 Å². The van der Waals surface area contributed by atoms with Gasteiger partial charge in [-0.2, -0.15) is 4.98 Å². The summed E-state index contributed by atoms with van der Waals surface area (Å²) in [4.78, 5) is 4.10. The van der Waals surface area contributed by atoms with Gasteiger partial charge >= 0.3 is 6.08 Å². The van der Waals surface area contributed by atoms with Crippen molar-refractivity contribution in [3.8, 4) is 11.8 Å². The van der Waals surface area contributed by atoms with Gasteiger partial charge in [0.25, 0.3) is 0 Å². The molecule has 0 aliphatic heterocycles. The van der Waals surface area contributed by atoms with Crippen LogP contribution >= 0.6 is 0 Å². The molecule has 2 N–H and O–H groups in total. The Morgan fingerprint density at radius 3 is 3.00 bits per heavy atom. The molecule has 0 amide bonds. The van der Waals surface area contributed by atoms with E-state index in [1.807, 2.05) is 6.07 Å². The van der Waals surface area contributed by atoms with E-state index >= 15 is 0 Å². The zero-order valence-electron chi connectivity index (χ0n) is 9.48. The lowest BCUT2D eigenvalue weighted by Crippen LogP contribution is -1.96. The molecule has 1 aromatic carbocycles. The van der Waals surface area contributed by atoms with Gasteiger partial charge in [-0.15, -0.1) is 0 Å². The third kappa shape index (κ3) is 2.03. The predicted octanol–water partition coefficient (Wildman–Crippen LogP) is 2.41. The van der Waals surface area contributed by atoms with E-state index in [1.165, 1.54) is 30.2 Å². The third-order valence-corrected chi connectivity index (χ3v) is 3.01. The van der Waals surface area contributed by atoms with Crippen molar-refractivity contribution < 1.29 is 9.15 Å². The molecule has 1 aliphatic rings. The first-order valence-corrected chi connectivity index (χ1v) is 5.79. The van der Waals surface area contributed by atoms with Gasteiger partial charge in [-0.25, -0.2) is 0 Å². The SMILES string of the molecule is NCc1coc(Oc2ccc3c(c2)CCC3)n1. The average molecular weight is 230 g/mol. The predicted molar refractivity (Wildman–Crippen MR) is 62.9 cm³/mol. The van der Waals surface area contributed by atoms with Crippen LogP contribution in [0.3, 0.4) is 0 Å². The highest BCUT2D eigenvalue weighted by molar-refractivity contribution is 5.39. The molecule has 3 rings (SSSR count). The number of benzene rings is 1. The van der Waals surface area contributed by atoms with Gasteiger partial charge in [0.15, 0.2) is 0 Å². The second-order valence-electron chi connectivity index (χ2n) is 4.20. The highest BCUT2D eigenvalue weighted by Crippen LogP contribution is 2.28. The van der Waals surface area contributed by atoms with Crippen LogP contribution in [0.15, 0.2) is 28.9 Å². The zero-order chi connectivity index (χ0) is 11.7. The van der Waals surface area contributed by atoms with E-state index in [0.717, 1.165) is 12.2 Å². The number of nitrogens with two attached hydrogens (primary N) is 1. The quantitative estimate of drug-likeness (QED) is 0.879. The molecule has 0 atom stereocenters. The third-order valence-electron chi connectivity index (χ3n) is 3.01. The van der Waals surface area contributed by atoms with Gasteiger partial charge in [0.2, 0.25) is 0 Å². The van der Waals surface area contributed by atoms with E-state index < -0.39 is 0 Å². The van der Waals surface area contributed by atoms with Crippen LogP contribution in [0.25, 0.3) is 0 Å². The fraction of sp³-hybridized carbons (Fsp3) is 0.308. The molecule has 2 aromatic rings. The average Bonchev–Trinajstić information content (AvgIpc) is 2.96. The zero-order valence-corrected chi connectivity index (χ0v) is 9.48. The van der Waals surface area contributed by atoms with Crippen LogP contribution in [-0.4, -0.2) is 4.98 Å². The van der Waals surface area contributed by atoms with Gasteiger partial charge in [0.05, 0.1) is 5.69 Å². The Balaban J connectivity index is 1.80. The molecule has 0 bridgehead atoms. The monoisotopic (exact) mass is 230 g/mol. The number of fused-ring (bicyclic) bond motifs is 1. The van der Waals surface area contributed by atoms with Crippen molar-refractivity contribution in [1.82, 2.24) is 4.98 Å². The molecule has 0 radical (unpaired) electrons. The molecule has 0 fully saturated rings. The van der Waals surface area contributed by atoms with Crippen LogP contribution in [0, 0.1) is 0 Å². The maximum atomic E-state index is 5.55. The van der Waals surface area contributed by atoms with Gasteiger partial charge in [0.1, 0.15) is 12.0 Å². The number of nitrogens with zero attached hydrogens (tertiary/aromatic N) is 1. The minimum Gasteiger partial charge on any atom is -0.417 e. The molecule has 4 nitrogen and oxygen atoms in total. The van der Waals surface area contributed by atoms with Gasteiger partial charge in [-0.1, -0.05) is 6.07 Å². The van der Waals surface area contributed by atoms with E-state index in [1.54, 1.807) is 0 Å². The molecule has 4 heteroatoms. The summed E-state index contributed by atoms with van der Waals surface area (Å²) in [5.41, 5.74) is 8.94. The lowest BCUT2D eigenvalue weighted by Gasteiger charge is -2.03. The van der Waals surface area contributed by atoms with E-state index in [9.17, 15) is 0 Å². The summed E-state index contributed by atoms with van der Waals surface area (Å²) in [5.74, 6) is 0.774. The Labute approximate surface area is 99.4 Å². The molecule has 17 heavy (non-hydrogen) atoms. The molecule has 0 unspecified atom stereocenters. The van der Waals surface area contributed by atoms with E-state index in [2.05, 4.69) is 17.1 Å². The smallest absolute Gasteiger partial charge is 0.399 e. The number of hydrogen-bond donors (Lipinski definition) is 1. The van der Waals surface area contributed by atoms with Crippen LogP contribution in [0.4, 0.5) is 0 Å². The molecular formula is C13H14N2O2. The molecule has 88 valence electrons. The maximum Gasteiger partial charge on any atom is 0.399 e. The van der Waals surface area contributed by atoms with E-state index in [4.69, 9.17) is 14.9 Å². The number of hydrogen-bond acceptors (Lipinski definition) is 4. The number of ether oxygens (including phenoxy) is 1. The molecule has 1 heterocycles. The molecule has 0 saturated heterocycles. The Bertz CT molecular complexity index is 534. The van der Waals surface area contributed by atoms with Crippen molar-refractivity contribution in [3.05, 3.63) is 41.3 Å². The lowest BCUT2D eigenvalue weighted by molar-refractivity contribution is 0.330. The number of rotatable bonds is 3. The fourth-order valence-corrected chi connectivity index (χ4v) is 2.14. The van der Waals surface area contributed by atoms with Crippen molar-refractivity contribution in [3.63, 3.8) is 0 Å². The first kappa shape index (κ1) is 10.4. The second-order valence-corrected chi connectivity index (χ2v) is 4.20. The Hall–Kier alpha value is -1.81. The summed E-state index contributed by atoms with van der Waals surface area (Å²) in [6.45, 7) is 0.358. The highest BCUT2D eigenvalue weighted by Gasteiger charge is 2.12. The summed E-state index contributed by atoms with van der Waals surface area (Å²) >= 11 is 0. The maximum absolute atomic E-state index is 5.55. The van der Waals surface area contributed by atoms with Crippen molar-refractivity contribution >= 4 is 0 Å². The van der Waals surface area contributed by atoms with Crippen LogP contribution < -0.4 is 10.5 Å². The first-order chi connectivity index (χ1) is 8.35. The van der Waals surface area contributed by atoms with Crippen LogP contribution in [0.5, 0.6) is 11.8 Å². The number of oxazole rings is 1. The summed E-state index contributed by atoms with van der Waals surface area (Å²) in [6.07, 6.45) is 5.30. The van der Waals surface area contributed by atoms with Gasteiger partial charge in [-0.3, -0.25) is 0 Å². The largest absolute Gasteiger partial charge is 0.417 e. The highest BCUT2D eigenvalue weighted by atomic mass is 16.6. The van der Waals surface area contributed by atoms with Gasteiger partial charge in [-0.05, 0) is 42.5 Å². The topological polar surface area (TPSA) is 61.3 Å². The summed E-state index contributed by atoms with van der Waals surface area (Å²) in [6, 6.07) is 6.13. The van der Waals surface area contributed by atoms with Gasteiger partial charge in [0, 0.05) is 6.54 Å². The van der Waals surface area contributed by atoms with Gasteiger partial charge < -0.3 is 14.9 Å². The summed E-state index contributed by atoms with van der Waals surface area (Å²) in [7, 11) is 0. The van der Waals surface area contributed by atoms with E-state index in [-0.39, 0.29) is 6.08 Å². The molecule has 0 saturated carbocycles. The summed E-state index contributed by atoms with van der Waals surface area (Å²) in [5, 5.41) is 0. The van der Waals surface area contributed by atoms with Crippen molar-refractivity contribution in [2.75, 3.05) is 0 Å². The molecule has 1 aliphatic carbocycles. The normalized spacial score (nSPS) is 13.7. The van der Waals surface area contributed by atoms with Crippen LogP contribution in [0.2, 0.25) is 0 Å². The lowest BCUT2D eigenvalue weighted by atomic mass is 10.1. The van der Waals surface area contributed by atoms with Crippen molar-refractivity contribution in [1.29, 1.82) is 0 Å². The second kappa shape index (κ2) is 4.22. The fourth-order valence-electron chi connectivity index (χ4n) is 2.14. The summed E-state index contributed by atoms with van der Waals surface area (Å²) < 4.78 is 10.7. The molecular weight excluding hydrogens is 216 g/mol. The van der Waals surface area contributed by atoms with E-state index in [0.29, 0.717) is 12.2 Å².